The first-order valence-electron chi connectivity index (χ1n) is 14.1. The highest BCUT2D eigenvalue weighted by atomic mass is 16.5. The Labute approximate surface area is 242 Å². The number of rotatable bonds is 13. The fourth-order valence-electron chi connectivity index (χ4n) is 4.30. The van der Waals surface area contributed by atoms with Gasteiger partial charge >= 0.3 is 0 Å². The van der Waals surface area contributed by atoms with Crippen molar-refractivity contribution in [1.82, 2.24) is 10.5 Å². The molecule has 0 aliphatic carbocycles. The lowest BCUT2D eigenvalue weighted by atomic mass is 9.96. The van der Waals surface area contributed by atoms with Crippen LogP contribution in [-0.2, 0) is 14.4 Å². The van der Waals surface area contributed by atoms with Crippen molar-refractivity contribution in [3.8, 4) is 5.75 Å². The van der Waals surface area contributed by atoms with Gasteiger partial charge in [-0.2, -0.15) is 0 Å². The van der Waals surface area contributed by atoms with E-state index in [2.05, 4.69) is 29.6 Å². The lowest BCUT2D eigenvalue weighted by molar-refractivity contribution is -0.128. The monoisotopic (exact) mass is 562 g/mol. The highest BCUT2D eigenvalue weighted by Crippen LogP contribution is 2.32. The fourth-order valence-corrected chi connectivity index (χ4v) is 4.30. The van der Waals surface area contributed by atoms with Crippen LogP contribution in [0.1, 0.15) is 89.1 Å². The summed E-state index contributed by atoms with van der Waals surface area (Å²) >= 11 is 0. The topological polar surface area (TPSA) is 114 Å². The number of nitrogens with one attached hydrogen (secondary N) is 2. The minimum absolute atomic E-state index is 0.0937. The van der Waals surface area contributed by atoms with Gasteiger partial charge in [-0.25, -0.2) is 0 Å². The van der Waals surface area contributed by atoms with E-state index in [0.717, 1.165) is 12.0 Å². The number of nitrogens with zero attached hydrogens (tertiary/aromatic N) is 2. The molecular weight excluding hydrogens is 520 g/mol. The second-order valence-corrected chi connectivity index (χ2v) is 10.9. The quantitative estimate of drug-likeness (QED) is 0.253. The summed E-state index contributed by atoms with van der Waals surface area (Å²) in [6.07, 6.45) is 1.47. The zero-order valence-electron chi connectivity index (χ0n) is 25.1. The van der Waals surface area contributed by atoms with Crippen molar-refractivity contribution in [2.45, 2.75) is 84.7 Å². The third-order valence-corrected chi connectivity index (χ3v) is 7.37. The minimum atomic E-state index is -0.977. The molecule has 1 aromatic heterocycles. The van der Waals surface area contributed by atoms with E-state index >= 15 is 0 Å². The first-order valence-corrected chi connectivity index (χ1v) is 14.1. The molecule has 9 nitrogen and oxygen atoms in total. The van der Waals surface area contributed by atoms with E-state index in [4.69, 9.17) is 9.26 Å². The zero-order chi connectivity index (χ0) is 30.2. The van der Waals surface area contributed by atoms with Crippen LogP contribution in [0.15, 0.2) is 59.1 Å². The number of aromatic nitrogens is 1. The molecule has 0 bridgehead atoms. The Morgan fingerprint density at radius 3 is 2.17 bits per heavy atom. The van der Waals surface area contributed by atoms with Gasteiger partial charge < -0.3 is 19.9 Å². The molecule has 0 aliphatic heterocycles. The van der Waals surface area contributed by atoms with Gasteiger partial charge in [-0.1, -0.05) is 50.2 Å². The highest BCUT2D eigenvalue weighted by molar-refractivity contribution is 6.03. The lowest BCUT2D eigenvalue weighted by Gasteiger charge is -2.35. The van der Waals surface area contributed by atoms with Gasteiger partial charge in [0.1, 0.15) is 17.6 Å². The predicted molar refractivity (Wildman–Crippen MR) is 160 cm³/mol. The number of aryl methyl sites for hydroxylation is 1. The van der Waals surface area contributed by atoms with E-state index < -0.39 is 11.6 Å². The molecule has 1 heterocycles. The molecular formula is C32H42N4O5. The van der Waals surface area contributed by atoms with Crippen molar-refractivity contribution in [1.29, 1.82) is 0 Å². The van der Waals surface area contributed by atoms with Crippen LogP contribution >= 0.6 is 0 Å². The van der Waals surface area contributed by atoms with Gasteiger partial charge in [-0.05, 0) is 74.9 Å². The average Bonchev–Trinajstić information content (AvgIpc) is 3.38. The van der Waals surface area contributed by atoms with Crippen LogP contribution in [0.4, 0.5) is 11.5 Å². The molecule has 0 aliphatic rings. The lowest BCUT2D eigenvalue weighted by Crippen LogP contribution is -2.50. The maximum atomic E-state index is 14.0. The molecule has 0 spiro atoms. The molecule has 0 radical (unpaired) electrons. The van der Waals surface area contributed by atoms with E-state index in [-0.39, 0.29) is 36.4 Å². The van der Waals surface area contributed by atoms with Crippen molar-refractivity contribution < 1.29 is 23.6 Å². The van der Waals surface area contributed by atoms with Crippen molar-refractivity contribution in [3.63, 3.8) is 0 Å². The molecule has 0 saturated carbocycles. The van der Waals surface area contributed by atoms with Crippen LogP contribution in [0.5, 0.6) is 5.75 Å². The Bertz CT molecular complexity index is 1310. The maximum Gasteiger partial charge on any atom is 0.248 e. The largest absolute Gasteiger partial charge is 0.497 e. The summed E-state index contributed by atoms with van der Waals surface area (Å²) < 4.78 is 10.3. The van der Waals surface area contributed by atoms with Crippen LogP contribution in [0, 0.1) is 6.92 Å². The Hall–Kier alpha value is -4.14. The van der Waals surface area contributed by atoms with Gasteiger partial charge in [-0.15, -0.1) is 0 Å². The van der Waals surface area contributed by atoms with Crippen molar-refractivity contribution in [2.75, 3.05) is 17.3 Å². The Morgan fingerprint density at radius 1 is 1.00 bits per heavy atom. The molecule has 3 amide bonds. The second kappa shape index (κ2) is 14.0. The van der Waals surface area contributed by atoms with Crippen molar-refractivity contribution >= 4 is 29.2 Å². The number of methoxy groups -OCH3 is 1. The molecule has 9 heteroatoms. The van der Waals surface area contributed by atoms with Gasteiger partial charge in [0.25, 0.3) is 0 Å². The van der Waals surface area contributed by atoms with Crippen LogP contribution in [0.2, 0.25) is 0 Å². The van der Waals surface area contributed by atoms with Gasteiger partial charge in [0.05, 0.1) is 7.11 Å². The summed E-state index contributed by atoms with van der Waals surface area (Å²) in [4.78, 5) is 42.1. The fraction of sp³-hybridized carbons (Fsp3) is 0.438. The van der Waals surface area contributed by atoms with Crippen molar-refractivity contribution in [2.24, 2.45) is 0 Å². The molecule has 0 saturated heterocycles. The number of anilines is 2. The van der Waals surface area contributed by atoms with E-state index in [1.807, 2.05) is 45.0 Å². The van der Waals surface area contributed by atoms with Crippen LogP contribution in [0.25, 0.3) is 0 Å². The number of benzene rings is 2. The molecule has 0 unspecified atom stereocenters. The number of hydrogen-bond donors (Lipinski definition) is 2. The summed E-state index contributed by atoms with van der Waals surface area (Å²) in [6.45, 7) is 11.9. The number of amides is 3. The molecule has 2 atom stereocenters. The summed E-state index contributed by atoms with van der Waals surface area (Å²) in [7, 11) is 1.57. The van der Waals surface area contributed by atoms with E-state index in [9.17, 15) is 14.4 Å². The molecule has 3 aromatic rings. The Balaban J connectivity index is 2.01. The first-order chi connectivity index (χ1) is 19.5. The number of carbonyl (C=O) groups is 3. The molecule has 41 heavy (non-hydrogen) atoms. The molecule has 0 fully saturated rings. The number of hydrogen-bond acceptors (Lipinski definition) is 6. The van der Waals surface area contributed by atoms with E-state index in [1.165, 1.54) is 4.90 Å². The highest BCUT2D eigenvalue weighted by Gasteiger charge is 2.35. The van der Waals surface area contributed by atoms with Crippen LogP contribution < -0.4 is 20.3 Å². The first kappa shape index (κ1) is 31.4. The van der Waals surface area contributed by atoms with Crippen LogP contribution in [0.3, 0.4) is 0 Å². The number of ether oxygens (including phenoxy) is 1. The third-order valence-electron chi connectivity index (χ3n) is 7.37. The van der Waals surface area contributed by atoms with Gasteiger partial charge in [0.15, 0.2) is 5.82 Å². The zero-order valence-corrected chi connectivity index (χ0v) is 25.1. The summed E-state index contributed by atoms with van der Waals surface area (Å²) in [5, 5.41) is 9.54. The smallest absolute Gasteiger partial charge is 0.248 e. The SMILES string of the molecule is CC[C@H](C)c1ccc(N(C(=O)CCC(=O)Nc2cc(C)on2)[C@@H](C(=O)NC(C)(C)CC)c2ccc(OC)cc2)cc1. The molecule has 3 rings (SSSR count). The summed E-state index contributed by atoms with van der Waals surface area (Å²) in [5.74, 6) is 0.778. The molecule has 2 aromatic carbocycles. The standard InChI is InChI=1S/C32H42N4O5/c1-8-21(3)23-10-14-25(15-11-23)36(29(38)19-18-28(37)33-27-20-22(4)41-35-27)30(31(39)34-32(5,6)9-2)24-12-16-26(40-7)17-13-24/h10-17,20-21,30H,8-9,18-19H2,1-7H3,(H,34,39)(H,33,35,37)/t21-,30+/m0/s1. The number of carbonyl (C=O) groups excluding carboxylic acids is 3. The molecule has 220 valence electrons. The second-order valence-electron chi connectivity index (χ2n) is 10.9. The molecule has 2 N–H and O–H groups in total. The Kier molecular flexibility index (Phi) is 10.7. The van der Waals surface area contributed by atoms with Crippen LogP contribution in [-0.4, -0.2) is 35.5 Å². The summed E-state index contributed by atoms with van der Waals surface area (Å²) in [5.41, 5.74) is 1.84. The van der Waals surface area contributed by atoms with Gasteiger partial charge in [0, 0.05) is 30.1 Å². The third kappa shape index (κ3) is 8.42. The van der Waals surface area contributed by atoms with E-state index in [1.54, 1.807) is 44.4 Å². The normalized spacial score (nSPS) is 12.8. The van der Waals surface area contributed by atoms with Gasteiger partial charge in [0.2, 0.25) is 17.7 Å². The Morgan fingerprint density at radius 2 is 1.63 bits per heavy atom. The average molecular weight is 563 g/mol. The van der Waals surface area contributed by atoms with Gasteiger partial charge in [-0.3, -0.25) is 19.3 Å². The maximum absolute atomic E-state index is 14.0. The van der Waals surface area contributed by atoms with Crippen molar-refractivity contribution in [3.05, 3.63) is 71.5 Å². The predicted octanol–water partition coefficient (Wildman–Crippen LogP) is 6.30. The minimum Gasteiger partial charge on any atom is -0.497 e. The van der Waals surface area contributed by atoms with E-state index in [0.29, 0.717) is 35.1 Å². The summed E-state index contributed by atoms with van der Waals surface area (Å²) in [6, 6.07) is 15.4.